The van der Waals surface area contributed by atoms with Crippen molar-refractivity contribution >= 4 is 47.6 Å². The van der Waals surface area contributed by atoms with Crippen molar-refractivity contribution in [1.82, 2.24) is 5.32 Å². The fraction of sp³-hybridized carbons (Fsp3) is 0.304. The number of nitrogens with two attached hydrogens (primary N) is 1. The number of aliphatic carboxylic acids is 1. The zero-order chi connectivity index (χ0) is 21.1. The molecule has 0 radical (unpaired) electrons. The number of amidine groups is 1. The monoisotopic (exact) mass is 479 g/mol. The number of nitrogens with one attached hydrogen (secondary N) is 2. The molecule has 0 bridgehead atoms. The lowest BCUT2D eigenvalue weighted by molar-refractivity contribution is -0.136. The number of ether oxygens (including phenoxy) is 1. The molecule has 7 nitrogen and oxygen atoms in total. The number of carboxylic acids is 1. The molecule has 0 unspecified atom stereocenters. The van der Waals surface area contributed by atoms with Crippen LogP contribution >= 0.6 is 24.8 Å². The Hall–Kier alpha value is -2.74. The number of carboxylic acid groups (broad SMARTS) is 1. The van der Waals surface area contributed by atoms with E-state index < -0.39 is 5.97 Å². The molecule has 9 heteroatoms. The second-order valence-corrected chi connectivity index (χ2v) is 7.61. The van der Waals surface area contributed by atoms with Gasteiger partial charge in [-0.2, -0.15) is 0 Å². The second kappa shape index (κ2) is 11.2. The second-order valence-electron chi connectivity index (χ2n) is 7.61. The predicted octanol–water partition coefficient (Wildman–Crippen LogP) is 3.71. The van der Waals surface area contributed by atoms with E-state index in [-0.39, 0.29) is 43.2 Å². The van der Waals surface area contributed by atoms with Crippen molar-refractivity contribution in [3.05, 3.63) is 64.9 Å². The highest BCUT2D eigenvalue weighted by atomic mass is 35.5. The van der Waals surface area contributed by atoms with Crippen LogP contribution in [0.1, 0.15) is 28.9 Å². The van der Waals surface area contributed by atoms with Crippen LogP contribution in [0.25, 0.3) is 11.0 Å². The summed E-state index contributed by atoms with van der Waals surface area (Å²) in [5.41, 5.74) is 8.70. The van der Waals surface area contributed by atoms with E-state index in [4.69, 9.17) is 20.3 Å². The summed E-state index contributed by atoms with van der Waals surface area (Å²) in [7, 11) is 0. The molecule has 4 rings (SSSR count). The number of furan rings is 1. The van der Waals surface area contributed by atoms with Gasteiger partial charge in [0.05, 0.1) is 6.42 Å². The van der Waals surface area contributed by atoms with Crippen LogP contribution in [0.5, 0.6) is 5.75 Å². The lowest BCUT2D eigenvalue weighted by Crippen LogP contribution is -2.19. The Labute approximate surface area is 198 Å². The highest BCUT2D eigenvalue weighted by Crippen LogP contribution is 2.25. The molecule has 1 aliphatic rings. The molecular formula is C23H27Cl2N3O4. The van der Waals surface area contributed by atoms with Crippen LogP contribution < -0.4 is 15.8 Å². The smallest absolute Gasteiger partial charge is 0.307 e. The third-order valence-electron chi connectivity index (χ3n) is 5.36. The van der Waals surface area contributed by atoms with Crippen LogP contribution in [0.4, 0.5) is 0 Å². The van der Waals surface area contributed by atoms with Gasteiger partial charge in [0.1, 0.15) is 29.0 Å². The largest absolute Gasteiger partial charge is 0.489 e. The Balaban J connectivity index is 0.00000181. The molecule has 172 valence electrons. The van der Waals surface area contributed by atoms with Gasteiger partial charge in [0.2, 0.25) is 0 Å². The van der Waals surface area contributed by atoms with Crippen molar-refractivity contribution in [2.75, 3.05) is 13.1 Å². The van der Waals surface area contributed by atoms with E-state index in [1.54, 1.807) is 6.07 Å². The number of rotatable bonds is 8. The molecule has 3 aromatic rings. The van der Waals surface area contributed by atoms with E-state index >= 15 is 0 Å². The molecule has 0 saturated carbocycles. The summed E-state index contributed by atoms with van der Waals surface area (Å²) < 4.78 is 11.9. The molecule has 5 N–H and O–H groups in total. The fourth-order valence-corrected chi connectivity index (χ4v) is 3.82. The Bertz CT molecular complexity index is 1090. The van der Waals surface area contributed by atoms with Crippen molar-refractivity contribution in [2.45, 2.75) is 31.8 Å². The molecule has 0 aliphatic carbocycles. The number of fused-ring (bicyclic) bond motifs is 1. The number of carbonyl (C=O) groups is 1. The van der Waals surface area contributed by atoms with E-state index in [1.165, 1.54) is 0 Å². The number of halogens is 2. The van der Waals surface area contributed by atoms with Crippen LogP contribution in [0, 0.1) is 5.41 Å². The summed E-state index contributed by atoms with van der Waals surface area (Å²) >= 11 is 0. The number of benzene rings is 2. The van der Waals surface area contributed by atoms with E-state index in [1.807, 2.05) is 36.4 Å². The quantitative estimate of drug-likeness (QED) is 0.288. The Morgan fingerprint density at radius 1 is 1.16 bits per heavy atom. The van der Waals surface area contributed by atoms with Crippen LogP contribution in [-0.2, 0) is 24.1 Å². The first kappa shape index (κ1) is 25.5. The molecule has 0 spiro atoms. The van der Waals surface area contributed by atoms with Crippen molar-refractivity contribution < 1.29 is 19.1 Å². The minimum absolute atomic E-state index is 0. The molecule has 1 aromatic heterocycles. The first-order valence-corrected chi connectivity index (χ1v) is 10.1. The van der Waals surface area contributed by atoms with Gasteiger partial charge in [0.15, 0.2) is 0 Å². The van der Waals surface area contributed by atoms with Gasteiger partial charge in [0, 0.05) is 23.9 Å². The van der Waals surface area contributed by atoms with Crippen LogP contribution in [-0.4, -0.2) is 36.1 Å². The molecule has 2 aromatic carbocycles. The molecule has 2 heterocycles. The van der Waals surface area contributed by atoms with E-state index in [2.05, 4.69) is 5.32 Å². The molecular weight excluding hydrogens is 453 g/mol. The summed E-state index contributed by atoms with van der Waals surface area (Å²) in [5, 5.41) is 21.0. The van der Waals surface area contributed by atoms with Gasteiger partial charge in [-0.3, -0.25) is 10.2 Å². The van der Waals surface area contributed by atoms with Crippen molar-refractivity contribution in [3.63, 3.8) is 0 Å². The van der Waals surface area contributed by atoms with Gasteiger partial charge in [-0.1, -0.05) is 6.07 Å². The first-order valence-electron chi connectivity index (χ1n) is 10.1. The number of hydrogen-bond acceptors (Lipinski definition) is 5. The lowest BCUT2D eigenvalue weighted by atomic mass is 9.99. The summed E-state index contributed by atoms with van der Waals surface area (Å²) in [6, 6.07) is 13.1. The van der Waals surface area contributed by atoms with Crippen molar-refractivity contribution in [1.29, 1.82) is 5.41 Å². The highest BCUT2D eigenvalue weighted by molar-refractivity contribution is 5.98. The van der Waals surface area contributed by atoms with Gasteiger partial charge in [-0.15, -0.1) is 24.8 Å². The van der Waals surface area contributed by atoms with Crippen LogP contribution in [0.15, 0.2) is 46.9 Å². The lowest BCUT2D eigenvalue weighted by Gasteiger charge is -2.15. The predicted molar refractivity (Wildman–Crippen MR) is 129 cm³/mol. The normalized spacial score (nSPS) is 15.1. The van der Waals surface area contributed by atoms with Crippen molar-refractivity contribution in [3.8, 4) is 5.75 Å². The average Bonchev–Trinajstić information content (AvgIpc) is 3.35. The standard InChI is InChI=1S/C23H25N3O4.2ClH/c24-23(25)15-3-6-21-17(9-15)11-19(30-21)5-2-14-1-4-18(10-16(14)12-22(27)28)29-20-7-8-26-13-20;;/h1,3-4,6,9-11,20,26H,2,5,7-8,12-13H2,(H3,24,25)(H,27,28);2*1H/t20-;;/m0../s1. The van der Waals surface area contributed by atoms with Gasteiger partial charge in [0.25, 0.3) is 0 Å². The molecule has 0 amide bonds. The average molecular weight is 480 g/mol. The van der Waals surface area contributed by atoms with Crippen LogP contribution in [0.2, 0.25) is 0 Å². The van der Waals surface area contributed by atoms with Gasteiger partial charge in [-0.25, -0.2) is 0 Å². The number of hydrogen-bond donors (Lipinski definition) is 4. The molecule has 1 fully saturated rings. The fourth-order valence-electron chi connectivity index (χ4n) is 3.82. The topological polar surface area (TPSA) is 122 Å². The minimum Gasteiger partial charge on any atom is -0.489 e. The summed E-state index contributed by atoms with van der Waals surface area (Å²) in [4.78, 5) is 11.4. The Kier molecular flexibility index (Phi) is 8.95. The zero-order valence-corrected chi connectivity index (χ0v) is 19.1. The van der Waals surface area contributed by atoms with E-state index in [0.29, 0.717) is 24.2 Å². The maximum absolute atomic E-state index is 11.4. The first-order chi connectivity index (χ1) is 14.5. The summed E-state index contributed by atoms with van der Waals surface area (Å²) in [6.07, 6.45) is 2.34. The molecule has 1 atom stereocenters. The van der Waals surface area contributed by atoms with Crippen LogP contribution in [0.3, 0.4) is 0 Å². The zero-order valence-electron chi connectivity index (χ0n) is 17.4. The third kappa shape index (κ3) is 6.16. The molecule has 1 saturated heterocycles. The van der Waals surface area contributed by atoms with Crippen molar-refractivity contribution in [2.24, 2.45) is 5.73 Å². The maximum atomic E-state index is 11.4. The Morgan fingerprint density at radius 2 is 1.97 bits per heavy atom. The summed E-state index contributed by atoms with van der Waals surface area (Å²) in [6.45, 7) is 1.75. The Morgan fingerprint density at radius 3 is 2.66 bits per heavy atom. The number of aryl methyl sites for hydroxylation is 2. The van der Waals surface area contributed by atoms with E-state index in [0.717, 1.165) is 47.4 Å². The van der Waals surface area contributed by atoms with Gasteiger partial charge in [-0.05, 0) is 66.9 Å². The minimum atomic E-state index is -0.864. The SMILES string of the molecule is Cl.Cl.N=C(N)c1ccc2oc(CCc3ccc(O[C@H]4CCNC4)cc3CC(=O)O)cc2c1. The number of nitrogen functional groups attached to an aromatic ring is 1. The maximum Gasteiger partial charge on any atom is 0.307 e. The highest BCUT2D eigenvalue weighted by Gasteiger charge is 2.17. The molecule has 32 heavy (non-hydrogen) atoms. The summed E-state index contributed by atoms with van der Waals surface area (Å²) in [5.74, 6) is 0.679. The molecule has 1 aliphatic heterocycles. The van der Waals surface area contributed by atoms with E-state index in [9.17, 15) is 9.90 Å². The van der Waals surface area contributed by atoms with Gasteiger partial charge >= 0.3 is 5.97 Å². The van der Waals surface area contributed by atoms with Gasteiger partial charge < -0.3 is 25.3 Å². The third-order valence-corrected chi connectivity index (χ3v) is 5.36.